The molecule has 8 heavy (non-hydrogen) atoms. The SMILES string of the molecule is CC1=NC(C)=NCC1. The van der Waals surface area contributed by atoms with Gasteiger partial charge in [0.25, 0.3) is 0 Å². The van der Waals surface area contributed by atoms with E-state index in [1.807, 2.05) is 13.8 Å². The first-order valence-electron chi connectivity index (χ1n) is 2.84. The Labute approximate surface area is 49.3 Å². The third-order valence-electron chi connectivity index (χ3n) is 1.17. The lowest BCUT2D eigenvalue weighted by molar-refractivity contribution is 1.00. The average Bonchev–Trinajstić information content (AvgIpc) is 1.64. The lowest BCUT2D eigenvalue weighted by atomic mass is 10.3. The van der Waals surface area contributed by atoms with Crippen LogP contribution in [0.4, 0.5) is 0 Å². The zero-order valence-electron chi connectivity index (χ0n) is 5.31. The Morgan fingerprint density at radius 3 is 2.50 bits per heavy atom. The van der Waals surface area contributed by atoms with Crippen molar-refractivity contribution >= 4 is 11.5 Å². The van der Waals surface area contributed by atoms with E-state index in [1.165, 1.54) is 5.71 Å². The third kappa shape index (κ3) is 1.15. The molecule has 0 saturated carbocycles. The van der Waals surface area contributed by atoms with E-state index >= 15 is 0 Å². The molecular formula is C6H10N2. The maximum absolute atomic E-state index is 4.15. The number of rotatable bonds is 0. The molecule has 44 valence electrons. The van der Waals surface area contributed by atoms with Gasteiger partial charge in [-0.25, -0.2) is 4.99 Å². The van der Waals surface area contributed by atoms with Crippen LogP contribution in [0, 0.1) is 0 Å². The summed E-state index contributed by atoms with van der Waals surface area (Å²) in [6.07, 6.45) is 1.04. The molecule has 0 atom stereocenters. The monoisotopic (exact) mass is 110 g/mol. The molecule has 1 rings (SSSR count). The van der Waals surface area contributed by atoms with Crippen LogP contribution in [0.2, 0.25) is 0 Å². The van der Waals surface area contributed by atoms with E-state index in [0.29, 0.717) is 0 Å². The molecule has 0 fully saturated rings. The second-order valence-electron chi connectivity index (χ2n) is 2.03. The highest BCUT2D eigenvalue weighted by molar-refractivity contribution is 5.97. The molecule has 0 amide bonds. The number of amidine groups is 1. The molecule has 0 aliphatic carbocycles. The van der Waals surface area contributed by atoms with Gasteiger partial charge in [-0.15, -0.1) is 0 Å². The van der Waals surface area contributed by atoms with Crippen molar-refractivity contribution in [3.05, 3.63) is 0 Å². The number of nitrogens with zero attached hydrogens (tertiary/aromatic N) is 2. The maximum Gasteiger partial charge on any atom is 0.120 e. The van der Waals surface area contributed by atoms with Gasteiger partial charge in [0, 0.05) is 18.7 Å². The van der Waals surface area contributed by atoms with E-state index in [9.17, 15) is 0 Å². The summed E-state index contributed by atoms with van der Waals surface area (Å²) < 4.78 is 0. The highest BCUT2D eigenvalue weighted by atomic mass is 14.9. The van der Waals surface area contributed by atoms with E-state index in [-0.39, 0.29) is 0 Å². The maximum atomic E-state index is 4.15. The van der Waals surface area contributed by atoms with E-state index in [1.54, 1.807) is 0 Å². The Balaban J connectivity index is 2.69. The first-order valence-corrected chi connectivity index (χ1v) is 2.84. The minimum absolute atomic E-state index is 0.925. The first kappa shape index (κ1) is 5.48. The second kappa shape index (κ2) is 2.07. The molecule has 0 N–H and O–H groups in total. The largest absolute Gasteiger partial charge is 0.270 e. The molecular weight excluding hydrogens is 100 g/mol. The third-order valence-corrected chi connectivity index (χ3v) is 1.17. The Hall–Kier alpha value is -0.660. The fourth-order valence-corrected chi connectivity index (χ4v) is 0.747. The number of aliphatic imine (C=N–C) groups is 2. The lowest BCUT2D eigenvalue weighted by Crippen LogP contribution is -2.05. The van der Waals surface area contributed by atoms with Crippen molar-refractivity contribution in [2.24, 2.45) is 9.98 Å². The van der Waals surface area contributed by atoms with Crippen molar-refractivity contribution in [2.45, 2.75) is 20.3 Å². The summed E-state index contributed by atoms with van der Waals surface area (Å²) in [4.78, 5) is 8.26. The van der Waals surface area contributed by atoms with Crippen LogP contribution in [0.3, 0.4) is 0 Å². The summed E-state index contributed by atoms with van der Waals surface area (Å²) in [6, 6.07) is 0. The molecule has 1 heterocycles. The first-order chi connectivity index (χ1) is 3.79. The minimum atomic E-state index is 0.925. The molecule has 0 bridgehead atoms. The van der Waals surface area contributed by atoms with Crippen molar-refractivity contribution < 1.29 is 0 Å². The number of hydrogen-bond acceptors (Lipinski definition) is 2. The van der Waals surface area contributed by atoms with Crippen LogP contribution < -0.4 is 0 Å². The zero-order valence-corrected chi connectivity index (χ0v) is 5.31. The van der Waals surface area contributed by atoms with Crippen molar-refractivity contribution in [1.82, 2.24) is 0 Å². The van der Waals surface area contributed by atoms with Gasteiger partial charge in [-0.2, -0.15) is 0 Å². The van der Waals surface area contributed by atoms with Crippen molar-refractivity contribution in [1.29, 1.82) is 0 Å². The normalized spacial score (nSPS) is 19.8. The van der Waals surface area contributed by atoms with Crippen molar-refractivity contribution in [3.8, 4) is 0 Å². The average molecular weight is 110 g/mol. The summed E-state index contributed by atoms with van der Waals surface area (Å²) in [5.74, 6) is 0.925. The molecule has 2 nitrogen and oxygen atoms in total. The summed E-state index contributed by atoms with van der Waals surface area (Å²) in [5.41, 5.74) is 1.21. The van der Waals surface area contributed by atoms with E-state index in [4.69, 9.17) is 0 Å². The fourth-order valence-electron chi connectivity index (χ4n) is 0.747. The van der Waals surface area contributed by atoms with Gasteiger partial charge in [-0.3, -0.25) is 4.99 Å². The summed E-state index contributed by atoms with van der Waals surface area (Å²) in [7, 11) is 0. The molecule has 0 aromatic heterocycles. The van der Waals surface area contributed by atoms with E-state index < -0.39 is 0 Å². The molecule has 1 aliphatic rings. The Kier molecular flexibility index (Phi) is 1.42. The molecule has 0 spiro atoms. The Morgan fingerprint density at radius 2 is 2.12 bits per heavy atom. The van der Waals surface area contributed by atoms with Crippen LogP contribution >= 0.6 is 0 Å². The van der Waals surface area contributed by atoms with Gasteiger partial charge in [-0.05, 0) is 13.8 Å². The van der Waals surface area contributed by atoms with Crippen molar-refractivity contribution in [3.63, 3.8) is 0 Å². The van der Waals surface area contributed by atoms with Crippen LogP contribution in [0.15, 0.2) is 9.98 Å². The molecule has 0 unspecified atom stereocenters. The van der Waals surface area contributed by atoms with E-state index in [0.717, 1.165) is 18.8 Å². The van der Waals surface area contributed by atoms with Gasteiger partial charge in [0.2, 0.25) is 0 Å². The van der Waals surface area contributed by atoms with Gasteiger partial charge in [-0.1, -0.05) is 0 Å². The van der Waals surface area contributed by atoms with Gasteiger partial charge in [0.05, 0.1) is 0 Å². The quantitative estimate of drug-likeness (QED) is 0.448. The molecule has 0 saturated heterocycles. The van der Waals surface area contributed by atoms with Crippen molar-refractivity contribution in [2.75, 3.05) is 6.54 Å². The molecule has 2 heteroatoms. The Bertz CT molecular complexity index is 145. The van der Waals surface area contributed by atoms with Crippen LogP contribution in [0.1, 0.15) is 20.3 Å². The molecule has 0 aromatic carbocycles. The van der Waals surface area contributed by atoms with Crippen LogP contribution in [0.5, 0.6) is 0 Å². The van der Waals surface area contributed by atoms with Crippen LogP contribution in [0.25, 0.3) is 0 Å². The smallest absolute Gasteiger partial charge is 0.120 e. The van der Waals surface area contributed by atoms with Crippen LogP contribution in [-0.2, 0) is 0 Å². The highest BCUT2D eigenvalue weighted by Crippen LogP contribution is 1.96. The zero-order chi connectivity index (χ0) is 5.98. The summed E-state index contributed by atoms with van der Waals surface area (Å²) in [5, 5.41) is 0. The second-order valence-corrected chi connectivity index (χ2v) is 2.03. The van der Waals surface area contributed by atoms with E-state index in [2.05, 4.69) is 9.98 Å². The summed E-state index contributed by atoms with van der Waals surface area (Å²) >= 11 is 0. The molecule has 1 aliphatic heterocycles. The van der Waals surface area contributed by atoms with Gasteiger partial charge >= 0.3 is 0 Å². The summed E-state index contributed by atoms with van der Waals surface area (Å²) in [6.45, 7) is 4.90. The topological polar surface area (TPSA) is 24.7 Å². The fraction of sp³-hybridized carbons (Fsp3) is 0.667. The number of hydrogen-bond donors (Lipinski definition) is 0. The predicted octanol–water partition coefficient (Wildman–Crippen LogP) is 1.27. The minimum Gasteiger partial charge on any atom is -0.270 e. The molecule has 0 aromatic rings. The highest BCUT2D eigenvalue weighted by Gasteiger charge is 1.97. The Morgan fingerprint density at radius 1 is 1.38 bits per heavy atom. The van der Waals surface area contributed by atoms with Gasteiger partial charge in [0.15, 0.2) is 0 Å². The van der Waals surface area contributed by atoms with Gasteiger partial charge < -0.3 is 0 Å². The van der Waals surface area contributed by atoms with Crippen LogP contribution in [-0.4, -0.2) is 18.1 Å². The van der Waals surface area contributed by atoms with Gasteiger partial charge in [0.1, 0.15) is 5.84 Å². The predicted molar refractivity (Wildman–Crippen MR) is 35.7 cm³/mol. The lowest BCUT2D eigenvalue weighted by Gasteiger charge is -2.03. The molecule has 0 radical (unpaired) electrons. The standard InChI is InChI=1S/C6H10N2/c1-5-3-4-7-6(2)8-5/h3-4H2,1-2H3.